The average Bonchev–Trinajstić information content (AvgIpc) is 2.39. The highest BCUT2D eigenvalue weighted by Crippen LogP contribution is 2.23. The maximum atomic E-state index is 11.8. The molecule has 7 nitrogen and oxygen atoms in total. The molecule has 2 aliphatic rings. The number of aromatic nitrogens is 4. The summed E-state index contributed by atoms with van der Waals surface area (Å²) in [5.74, 6) is 0.0806. The molecule has 0 saturated carbocycles. The van der Waals surface area contributed by atoms with Crippen LogP contribution in [0.4, 0.5) is 0 Å². The summed E-state index contributed by atoms with van der Waals surface area (Å²) in [6.45, 7) is 3.48. The van der Waals surface area contributed by atoms with E-state index in [1.807, 2.05) is 26.0 Å². The van der Waals surface area contributed by atoms with Gasteiger partial charge in [0.25, 0.3) is 5.56 Å². The second kappa shape index (κ2) is 4.24. The van der Waals surface area contributed by atoms with Crippen molar-refractivity contribution in [1.82, 2.24) is 19.5 Å². The van der Waals surface area contributed by atoms with E-state index in [1.54, 1.807) is 0 Å². The van der Waals surface area contributed by atoms with Crippen molar-refractivity contribution in [2.75, 3.05) is 0 Å². The molecule has 0 unspecified atom stereocenters. The van der Waals surface area contributed by atoms with Crippen molar-refractivity contribution in [3.63, 3.8) is 0 Å². The van der Waals surface area contributed by atoms with Gasteiger partial charge in [-0.05, 0) is 37.1 Å². The molecule has 2 aliphatic heterocycles. The minimum Gasteiger partial charge on any atom is -0.376 e. The summed E-state index contributed by atoms with van der Waals surface area (Å²) < 4.78 is 1.40. The van der Waals surface area contributed by atoms with Crippen LogP contribution < -0.4 is 11.2 Å². The Hall–Kier alpha value is -2.54. The highest BCUT2D eigenvalue weighted by Gasteiger charge is 2.18. The molecular formula is C13H12N4O3. The van der Waals surface area contributed by atoms with Gasteiger partial charge >= 0.3 is 5.69 Å². The Bertz CT molecular complexity index is 910. The van der Waals surface area contributed by atoms with E-state index >= 15 is 0 Å². The fourth-order valence-electron chi connectivity index (χ4n) is 2.19. The number of aliphatic hydroxyl groups is 1. The average molecular weight is 272 g/mol. The maximum absolute atomic E-state index is 11.8. The van der Waals surface area contributed by atoms with E-state index in [-0.39, 0.29) is 11.5 Å². The molecule has 0 radical (unpaired) electrons. The first kappa shape index (κ1) is 12.5. The topological polar surface area (TPSA) is 101 Å². The van der Waals surface area contributed by atoms with Crippen molar-refractivity contribution < 1.29 is 5.11 Å². The van der Waals surface area contributed by atoms with Crippen molar-refractivity contribution in [3.8, 4) is 11.5 Å². The Kier molecular flexibility index (Phi) is 2.65. The molecule has 0 spiro atoms. The van der Waals surface area contributed by atoms with Gasteiger partial charge in [0.2, 0.25) is 0 Å². The van der Waals surface area contributed by atoms with Crippen LogP contribution in [0.5, 0.6) is 0 Å². The predicted molar refractivity (Wildman–Crippen MR) is 72.7 cm³/mol. The van der Waals surface area contributed by atoms with Crippen LogP contribution in [-0.2, 0) is 6.73 Å². The number of nitrogens with zero attached hydrogens (tertiary/aromatic N) is 3. The van der Waals surface area contributed by atoms with Crippen molar-refractivity contribution in [2.24, 2.45) is 0 Å². The van der Waals surface area contributed by atoms with Gasteiger partial charge in [0.1, 0.15) is 6.73 Å². The van der Waals surface area contributed by atoms with Gasteiger partial charge in [0.05, 0.1) is 11.0 Å². The van der Waals surface area contributed by atoms with Gasteiger partial charge in [0.15, 0.2) is 11.5 Å². The lowest BCUT2D eigenvalue weighted by atomic mass is 10.1. The molecule has 0 atom stereocenters. The number of fused-ring (bicyclic) bond motifs is 2. The zero-order valence-electron chi connectivity index (χ0n) is 11.0. The smallest absolute Gasteiger partial charge is 0.349 e. The number of rotatable bonds is 1. The number of hydrogen-bond acceptors (Lipinski definition) is 5. The second-order valence-corrected chi connectivity index (χ2v) is 4.65. The van der Waals surface area contributed by atoms with Crippen LogP contribution in [0.15, 0.2) is 21.7 Å². The zero-order valence-corrected chi connectivity index (χ0v) is 11.0. The lowest BCUT2D eigenvalue weighted by Crippen LogP contribution is -2.28. The summed E-state index contributed by atoms with van der Waals surface area (Å²) >= 11 is 0. The van der Waals surface area contributed by atoms with Gasteiger partial charge < -0.3 is 5.11 Å². The van der Waals surface area contributed by atoms with Crippen LogP contribution in [0.25, 0.3) is 22.6 Å². The first-order valence-electron chi connectivity index (χ1n) is 6.04. The van der Waals surface area contributed by atoms with Gasteiger partial charge in [-0.25, -0.2) is 9.78 Å². The number of aryl methyl sites for hydroxylation is 2. The van der Waals surface area contributed by atoms with Crippen LogP contribution in [0.1, 0.15) is 11.1 Å². The standard InChI is InChI=1S/C13H12N4O3/c1-6-3-8-9(4-7(6)2)17(5-18)11-10(14-8)12(19)16-13(20)15-11/h3-4,18H,5H2,1-2H3,(H,16,19,20). The number of aliphatic hydroxyl groups excluding tert-OH is 1. The molecule has 2 heterocycles. The molecule has 1 aromatic rings. The van der Waals surface area contributed by atoms with Crippen LogP contribution in [0, 0.1) is 13.8 Å². The quantitative estimate of drug-likeness (QED) is 0.614. The van der Waals surface area contributed by atoms with Gasteiger partial charge in [-0.15, -0.1) is 0 Å². The second-order valence-electron chi connectivity index (χ2n) is 4.65. The molecule has 0 aromatic heterocycles. The lowest BCUT2D eigenvalue weighted by molar-refractivity contribution is 0.215. The largest absolute Gasteiger partial charge is 0.376 e. The molecule has 0 amide bonds. The highest BCUT2D eigenvalue weighted by atomic mass is 16.3. The van der Waals surface area contributed by atoms with E-state index in [0.29, 0.717) is 11.0 Å². The number of H-pyrrole nitrogens is 1. The Balaban J connectivity index is 2.61. The minimum atomic E-state index is -0.755. The summed E-state index contributed by atoms with van der Waals surface area (Å²) in [4.78, 5) is 33.2. The van der Waals surface area contributed by atoms with E-state index in [1.165, 1.54) is 4.57 Å². The van der Waals surface area contributed by atoms with E-state index in [0.717, 1.165) is 11.1 Å². The van der Waals surface area contributed by atoms with Gasteiger partial charge in [-0.3, -0.25) is 14.3 Å². The van der Waals surface area contributed by atoms with E-state index < -0.39 is 18.0 Å². The SMILES string of the molecule is Cc1cc2nc3c(=O)[nH]c(=O)nc-3n(CO)c2cc1C. The maximum Gasteiger partial charge on any atom is 0.349 e. The molecule has 1 aromatic carbocycles. The van der Waals surface area contributed by atoms with Gasteiger partial charge in [-0.1, -0.05) is 0 Å². The third kappa shape index (κ3) is 1.71. The fourth-order valence-corrected chi connectivity index (χ4v) is 2.19. The van der Waals surface area contributed by atoms with Gasteiger partial charge in [0, 0.05) is 0 Å². The molecule has 0 bridgehead atoms. The van der Waals surface area contributed by atoms with Crippen molar-refractivity contribution >= 4 is 11.0 Å². The third-order valence-corrected chi connectivity index (χ3v) is 3.37. The van der Waals surface area contributed by atoms with Crippen LogP contribution >= 0.6 is 0 Å². The number of hydrogen-bond donors (Lipinski definition) is 2. The Labute approximate surface area is 112 Å². The van der Waals surface area contributed by atoms with Crippen LogP contribution in [0.2, 0.25) is 0 Å². The third-order valence-electron chi connectivity index (χ3n) is 3.37. The molecule has 2 N–H and O–H groups in total. The normalized spacial score (nSPS) is 11.3. The monoisotopic (exact) mass is 272 g/mol. The van der Waals surface area contributed by atoms with Crippen LogP contribution in [-0.4, -0.2) is 24.6 Å². The summed E-state index contributed by atoms with van der Waals surface area (Å²) in [5, 5.41) is 9.56. The van der Waals surface area contributed by atoms with E-state index in [9.17, 15) is 14.7 Å². The lowest BCUT2D eigenvalue weighted by Gasteiger charge is -2.15. The first-order valence-corrected chi connectivity index (χ1v) is 6.04. The molecule has 0 saturated heterocycles. The molecule has 7 heteroatoms. The minimum absolute atomic E-state index is 0.0365. The van der Waals surface area contributed by atoms with Crippen molar-refractivity contribution in [3.05, 3.63) is 44.1 Å². The molecule has 3 rings (SSSR count). The summed E-state index contributed by atoms with van der Waals surface area (Å²) in [7, 11) is 0. The van der Waals surface area contributed by atoms with Gasteiger partial charge in [-0.2, -0.15) is 4.98 Å². The first-order chi connectivity index (χ1) is 9.51. The van der Waals surface area contributed by atoms with E-state index in [4.69, 9.17) is 0 Å². The zero-order chi connectivity index (χ0) is 14.4. The Morgan fingerprint density at radius 2 is 1.90 bits per heavy atom. The number of nitrogens with one attached hydrogen (secondary N) is 1. The van der Waals surface area contributed by atoms with Crippen LogP contribution in [0.3, 0.4) is 0 Å². The van der Waals surface area contributed by atoms with E-state index in [2.05, 4.69) is 15.0 Å². The highest BCUT2D eigenvalue weighted by molar-refractivity contribution is 5.80. The molecule has 0 fully saturated rings. The predicted octanol–water partition coefficient (Wildman–Crippen LogP) is 0.151. The molecule has 102 valence electrons. The number of aromatic amines is 1. The summed E-state index contributed by atoms with van der Waals surface area (Å²) in [6.07, 6.45) is 0. The summed E-state index contributed by atoms with van der Waals surface area (Å²) in [6, 6.07) is 3.68. The van der Waals surface area contributed by atoms with Crippen molar-refractivity contribution in [2.45, 2.75) is 20.6 Å². The Morgan fingerprint density at radius 1 is 1.20 bits per heavy atom. The fraction of sp³-hybridized carbons (Fsp3) is 0.231. The molecule has 0 aliphatic carbocycles. The van der Waals surface area contributed by atoms with Crippen molar-refractivity contribution in [1.29, 1.82) is 0 Å². The Morgan fingerprint density at radius 3 is 2.60 bits per heavy atom. The number of benzene rings is 1. The molecule has 20 heavy (non-hydrogen) atoms. The summed E-state index contributed by atoms with van der Waals surface area (Å²) in [5.41, 5.74) is 1.92. The molecular weight excluding hydrogens is 260 g/mol.